The van der Waals surface area contributed by atoms with Crippen LogP contribution in [0.2, 0.25) is 0 Å². The molecule has 0 saturated heterocycles. The molecule has 0 N–H and O–H groups in total. The van der Waals surface area contributed by atoms with Gasteiger partial charge in [0.2, 0.25) is 0 Å². The van der Waals surface area contributed by atoms with Crippen LogP contribution in [0, 0.1) is 0 Å². The van der Waals surface area contributed by atoms with Gasteiger partial charge < -0.3 is 0 Å². The van der Waals surface area contributed by atoms with Crippen LogP contribution < -0.4 is 0 Å². The highest BCUT2D eigenvalue weighted by Gasteiger charge is 2.40. The molecule has 1 aromatic carbocycles. The maximum absolute atomic E-state index is 12.3. The van der Waals surface area contributed by atoms with Crippen LogP contribution >= 0.6 is 23.1 Å². The Bertz CT molecular complexity index is 585. The topological polar surface area (TPSA) is 17.1 Å². The minimum Gasteiger partial charge on any atom is -0.283 e. The third-order valence-electron chi connectivity index (χ3n) is 2.46. The number of ketones is 1. The summed E-state index contributed by atoms with van der Waals surface area (Å²) in [6.45, 7) is 0. The van der Waals surface area contributed by atoms with Crippen molar-refractivity contribution in [2.45, 2.75) is 11.1 Å². The standard InChI is InChI=1S/C13H9F3OS2/c1-18-9-4-2-8(3-5-9)10-6-7-11(19-10)12(17)13(14,15)16/h2-7H,1H3. The van der Waals surface area contributed by atoms with E-state index in [4.69, 9.17) is 0 Å². The zero-order chi connectivity index (χ0) is 14.0. The zero-order valence-electron chi connectivity index (χ0n) is 9.82. The van der Waals surface area contributed by atoms with Gasteiger partial charge >= 0.3 is 6.18 Å². The fourth-order valence-electron chi connectivity index (χ4n) is 1.51. The molecule has 0 atom stereocenters. The van der Waals surface area contributed by atoms with E-state index in [-0.39, 0.29) is 4.88 Å². The van der Waals surface area contributed by atoms with Crippen molar-refractivity contribution in [3.05, 3.63) is 41.3 Å². The van der Waals surface area contributed by atoms with Crippen LogP contribution in [-0.2, 0) is 0 Å². The molecule has 0 aliphatic carbocycles. The summed E-state index contributed by atoms with van der Waals surface area (Å²) in [5.74, 6) is -1.79. The molecule has 19 heavy (non-hydrogen) atoms. The molecule has 0 fully saturated rings. The molecular weight excluding hydrogens is 293 g/mol. The summed E-state index contributed by atoms with van der Waals surface area (Å²) in [7, 11) is 0. The Morgan fingerprint density at radius 1 is 1.11 bits per heavy atom. The molecule has 0 unspecified atom stereocenters. The lowest BCUT2D eigenvalue weighted by Gasteiger charge is -2.02. The lowest BCUT2D eigenvalue weighted by Crippen LogP contribution is -2.21. The largest absolute Gasteiger partial charge is 0.455 e. The summed E-state index contributed by atoms with van der Waals surface area (Å²) >= 11 is 2.44. The van der Waals surface area contributed by atoms with Crippen LogP contribution in [0.4, 0.5) is 13.2 Å². The average molecular weight is 302 g/mol. The molecule has 1 heterocycles. The first-order valence-electron chi connectivity index (χ1n) is 5.27. The van der Waals surface area contributed by atoms with Crippen LogP contribution in [-0.4, -0.2) is 18.2 Å². The summed E-state index contributed by atoms with van der Waals surface area (Å²) in [6, 6.07) is 10.2. The molecule has 1 aromatic heterocycles. The molecule has 100 valence electrons. The molecule has 0 aliphatic rings. The third-order valence-corrected chi connectivity index (χ3v) is 4.34. The third kappa shape index (κ3) is 3.19. The quantitative estimate of drug-likeness (QED) is 0.593. The molecule has 0 bridgehead atoms. The van der Waals surface area contributed by atoms with Gasteiger partial charge in [-0.1, -0.05) is 12.1 Å². The van der Waals surface area contributed by atoms with Crippen LogP contribution in [0.1, 0.15) is 9.67 Å². The maximum Gasteiger partial charge on any atom is 0.455 e. The first-order valence-corrected chi connectivity index (χ1v) is 7.31. The molecule has 0 aliphatic heterocycles. The van der Waals surface area contributed by atoms with Gasteiger partial charge in [-0.3, -0.25) is 4.79 Å². The highest BCUT2D eigenvalue weighted by Crippen LogP contribution is 2.32. The first-order chi connectivity index (χ1) is 8.91. The van der Waals surface area contributed by atoms with Crippen LogP contribution in [0.5, 0.6) is 0 Å². The monoisotopic (exact) mass is 302 g/mol. The second kappa shape index (κ2) is 5.38. The normalized spacial score (nSPS) is 11.6. The highest BCUT2D eigenvalue weighted by molar-refractivity contribution is 7.98. The van der Waals surface area contributed by atoms with E-state index in [0.29, 0.717) is 4.88 Å². The zero-order valence-corrected chi connectivity index (χ0v) is 11.5. The van der Waals surface area contributed by atoms with Gasteiger partial charge in [0.25, 0.3) is 5.78 Å². The number of hydrogen-bond acceptors (Lipinski definition) is 3. The van der Waals surface area contributed by atoms with E-state index in [1.165, 1.54) is 12.1 Å². The van der Waals surface area contributed by atoms with E-state index in [0.717, 1.165) is 21.8 Å². The van der Waals surface area contributed by atoms with Gasteiger partial charge in [-0.2, -0.15) is 13.2 Å². The minimum absolute atomic E-state index is 0.281. The van der Waals surface area contributed by atoms with Crippen molar-refractivity contribution in [1.82, 2.24) is 0 Å². The number of thioether (sulfide) groups is 1. The van der Waals surface area contributed by atoms with Crippen molar-refractivity contribution in [2.75, 3.05) is 6.26 Å². The molecule has 0 radical (unpaired) electrons. The maximum atomic E-state index is 12.3. The number of carbonyl (C=O) groups is 1. The molecule has 1 nitrogen and oxygen atoms in total. The summed E-state index contributed by atoms with van der Waals surface area (Å²) in [5, 5.41) is 0. The Morgan fingerprint density at radius 3 is 2.26 bits per heavy atom. The summed E-state index contributed by atoms with van der Waals surface area (Å²) in [6.07, 6.45) is -2.87. The minimum atomic E-state index is -4.81. The number of benzene rings is 1. The van der Waals surface area contributed by atoms with Gasteiger partial charge in [0, 0.05) is 9.77 Å². The Kier molecular flexibility index (Phi) is 4.01. The SMILES string of the molecule is CSc1ccc(-c2ccc(C(=O)C(F)(F)F)s2)cc1. The van der Waals surface area contributed by atoms with Crippen molar-refractivity contribution < 1.29 is 18.0 Å². The summed E-state index contributed by atoms with van der Waals surface area (Å²) < 4.78 is 36.9. The smallest absolute Gasteiger partial charge is 0.283 e. The van der Waals surface area contributed by atoms with Gasteiger partial charge in [0.05, 0.1) is 4.88 Å². The first kappa shape index (κ1) is 14.1. The molecular formula is C13H9F3OS2. The highest BCUT2D eigenvalue weighted by atomic mass is 32.2. The van der Waals surface area contributed by atoms with Gasteiger partial charge in [-0.25, -0.2) is 0 Å². The number of hydrogen-bond donors (Lipinski definition) is 0. The van der Waals surface area contributed by atoms with Crippen molar-refractivity contribution in [3.63, 3.8) is 0 Å². The predicted molar refractivity (Wildman–Crippen MR) is 71.9 cm³/mol. The summed E-state index contributed by atoms with van der Waals surface area (Å²) in [4.78, 5) is 12.5. The second-order valence-electron chi connectivity index (χ2n) is 3.72. The Morgan fingerprint density at radius 2 is 1.74 bits per heavy atom. The molecule has 0 spiro atoms. The summed E-state index contributed by atoms with van der Waals surface area (Å²) in [5.41, 5.74) is 0.809. The number of carbonyl (C=O) groups excluding carboxylic acids is 1. The van der Waals surface area contributed by atoms with E-state index in [9.17, 15) is 18.0 Å². The Hall–Kier alpha value is -1.27. The van der Waals surface area contributed by atoms with E-state index < -0.39 is 12.0 Å². The predicted octanol–water partition coefficient (Wildman–Crippen LogP) is 4.88. The van der Waals surface area contributed by atoms with E-state index in [1.54, 1.807) is 11.8 Å². The molecule has 0 saturated carbocycles. The van der Waals surface area contributed by atoms with Gasteiger partial charge in [-0.15, -0.1) is 23.1 Å². The van der Waals surface area contributed by atoms with Crippen LogP contribution in [0.25, 0.3) is 10.4 Å². The molecule has 0 amide bonds. The number of thiophene rings is 1. The fraction of sp³-hybridized carbons (Fsp3) is 0.154. The van der Waals surface area contributed by atoms with Gasteiger partial charge in [0.15, 0.2) is 0 Å². The number of halogens is 3. The Labute approximate surface area is 116 Å². The van der Waals surface area contributed by atoms with Gasteiger partial charge in [0.1, 0.15) is 0 Å². The van der Waals surface area contributed by atoms with Crippen LogP contribution in [0.15, 0.2) is 41.3 Å². The van der Waals surface area contributed by atoms with Crippen molar-refractivity contribution in [3.8, 4) is 10.4 Å². The molecule has 6 heteroatoms. The number of rotatable bonds is 3. The van der Waals surface area contributed by atoms with Gasteiger partial charge in [-0.05, 0) is 36.1 Å². The molecule has 2 rings (SSSR count). The van der Waals surface area contributed by atoms with E-state index in [2.05, 4.69) is 0 Å². The van der Waals surface area contributed by atoms with E-state index >= 15 is 0 Å². The number of Topliss-reactive ketones (excluding diaryl/α,β-unsaturated/α-hetero) is 1. The molecule has 2 aromatic rings. The second-order valence-corrected chi connectivity index (χ2v) is 5.68. The fourth-order valence-corrected chi connectivity index (χ4v) is 2.89. The van der Waals surface area contributed by atoms with Crippen molar-refractivity contribution in [1.29, 1.82) is 0 Å². The van der Waals surface area contributed by atoms with Crippen LogP contribution in [0.3, 0.4) is 0 Å². The van der Waals surface area contributed by atoms with E-state index in [1.807, 2.05) is 30.5 Å². The number of alkyl halides is 3. The lowest BCUT2D eigenvalue weighted by atomic mass is 10.2. The Balaban J connectivity index is 2.28. The average Bonchev–Trinajstić information content (AvgIpc) is 2.86. The van der Waals surface area contributed by atoms with Crippen molar-refractivity contribution in [2.24, 2.45) is 0 Å². The van der Waals surface area contributed by atoms with Crippen molar-refractivity contribution >= 4 is 28.9 Å². The lowest BCUT2D eigenvalue weighted by molar-refractivity contribution is -0.0882.